The molecule has 26 heavy (non-hydrogen) atoms. The van der Waals surface area contributed by atoms with Gasteiger partial charge in [0.25, 0.3) is 5.91 Å². The van der Waals surface area contributed by atoms with E-state index in [1.807, 2.05) is 0 Å². The van der Waals surface area contributed by atoms with E-state index < -0.39 is 24.6 Å². The third kappa shape index (κ3) is 4.43. The van der Waals surface area contributed by atoms with Gasteiger partial charge in [0.05, 0.1) is 12.6 Å². The van der Waals surface area contributed by atoms with E-state index in [1.54, 1.807) is 0 Å². The number of hydrogen-bond donors (Lipinski definition) is 3. The predicted octanol–water partition coefficient (Wildman–Crippen LogP) is -0.149. The van der Waals surface area contributed by atoms with E-state index in [9.17, 15) is 14.4 Å². The van der Waals surface area contributed by atoms with E-state index >= 15 is 0 Å². The second-order valence-corrected chi connectivity index (χ2v) is 6.95. The highest BCUT2D eigenvalue weighted by atomic mass is 16.7. The molecule has 3 aliphatic heterocycles. The van der Waals surface area contributed by atoms with E-state index in [-0.39, 0.29) is 18.0 Å². The maximum absolute atomic E-state index is 12.4. The molecular formula is C16H26N4O6. The van der Waals surface area contributed by atoms with Crippen molar-refractivity contribution in [3.05, 3.63) is 0 Å². The summed E-state index contributed by atoms with van der Waals surface area (Å²) in [5.74, 6) is -1.51. The van der Waals surface area contributed by atoms with Gasteiger partial charge in [0.2, 0.25) is 0 Å². The fraction of sp³-hybridized carbons (Fsp3) is 0.812. The number of fused-ring (bicyclic) bond motifs is 2. The quantitative estimate of drug-likeness (QED) is 0.533. The smallest absolute Gasteiger partial charge is 0.345 e. The van der Waals surface area contributed by atoms with Crippen molar-refractivity contribution in [2.45, 2.75) is 56.7 Å². The molecule has 0 aliphatic carbocycles. The molecule has 3 atom stereocenters. The zero-order chi connectivity index (χ0) is 18.5. The van der Waals surface area contributed by atoms with Crippen molar-refractivity contribution < 1.29 is 29.2 Å². The first-order valence-corrected chi connectivity index (χ1v) is 9.16. The Labute approximate surface area is 151 Å². The third-order valence-corrected chi connectivity index (χ3v) is 5.07. The maximum atomic E-state index is 12.4. The summed E-state index contributed by atoms with van der Waals surface area (Å²) in [6, 6.07) is -1.09. The van der Waals surface area contributed by atoms with E-state index in [0.29, 0.717) is 26.0 Å². The van der Waals surface area contributed by atoms with Crippen LogP contribution in [-0.2, 0) is 19.3 Å². The lowest BCUT2D eigenvalue weighted by Gasteiger charge is -2.29. The SMILES string of the molecule is O=C(O)CON1C(=O)N2C[C@H]1CC[C@H]2C(=O)NOC[C@@H]1CCCCCN1. The van der Waals surface area contributed by atoms with Crippen molar-refractivity contribution in [1.29, 1.82) is 0 Å². The number of urea groups is 1. The highest BCUT2D eigenvalue weighted by Crippen LogP contribution is 2.30. The minimum Gasteiger partial charge on any atom is -0.479 e. The Bertz CT molecular complexity index is 537. The van der Waals surface area contributed by atoms with E-state index in [0.717, 1.165) is 30.9 Å². The van der Waals surface area contributed by atoms with Crippen molar-refractivity contribution >= 4 is 17.9 Å². The number of nitrogens with one attached hydrogen (secondary N) is 2. The first-order valence-electron chi connectivity index (χ1n) is 9.16. The van der Waals surface area contributed by atoms with Crippen molar-refractivity contribution in [2.24, 2.45) is 0 Å². The molecule has 3 heterocycles. The number of carboxylic acid groups (broad SMARTS) is 1. The van der Waals surface area contributed by atoms with Gasteiger partial charge in [0.1, 0.15) is 6.04 Å². The van der Waals surface area contributed by atoms with Gasteiger partial charge in [0.15, 0.2) is 6.61 Å². The van der Waals surface area contributed by atoms with Crippen molar-refractivity contribution in [2.75, 3.05) is 26.3 Å². The first kappa shape index (κ1) is 18.9. The molecule has 3 aliphatic rings. The number of hydrogen-bond acceptors (Lipinski definition) is 6. The molecule has 10 nitrogen and oxygen atoms in total. The molecule has 0 aromatic heterocycles. The number of carbonyl (C=O) groups is 3. The molecule has 0 spiro atoms. The summed E-state index contributed by atoms with van der Waals surface area (Å²) < 4.78 is 0. The van der Waals surface area contributed by atoms with Crippen LogP contribution in [0, 0.1) is 0 Å². The number of carboxylic acids is 1. The van der Waals surface area contributed by atoms with Gasteiger partial charge in [-0.2, -0.15) is 5.06 Å². The third-order valence-electron chi connectivity index (χ3n) is 5.07. The average molecular weight is 370 g/mol. The van der Waals surface area contributed by atoms with Crippen LogP contribution in [0.2, 0.25) is 0 Å². The molecular weight excluding hydrogens is 344 g/mol. The molecule has 0 aromatic rings. The Morgan fingerprint density at radius 1 is 1.23 bits per heavy atom. The minimum absolute atomic E-state index is 0.220. The summed E-state index contributed by atoms with van der Waals surface area (Å²) >= 11 is 0. The van der Waals surface area contributed by atoms with Crippen molar-refractivity contribution in [3.8, 4) is 0 Å². The Hall–Kier alpha value is -1.91. The van der Waals surface area contributed by atoms with E-state index in [1.165, 1.54) is 11.3 Å². The van der Waals surface area contributed by atoms with Gasteiger partial charge in [-0.05, 0) is 32.2 Å². The van der Waals surface area contributed by atoms with Crippen LogP contribution in [0.15, 0.2) is 0 Å². The molecule has 3 rings (SSSR count). The zero-order valence-corrected chi connectivity index (χ0v) is 14.7. The van der Waals surface area contributed by atoms with Gasteiger partial charge in [-0.15, -0.1) is 0 Å². The monoisotopic (exact) mass is 370 g/mol. The zero-order valence-electron chi connectivity index (χ0n) is 14.7. The lowest BCUT2D eigenvalue weighted by Crippen LogP contribution is -2.50. The summed E-state index contributed by atoms with van der Waals surface area (Å²) in [4.78, 5) is 47.3. The average Bonchev–Trinajstić information content (AvgIpc) is 2.79. The molecule has 146 valence electrons. The number of rotatable bonds is 7. The lowest BCUT2D eigenvalue weighted by atomic mass is 10.0. The van der Waals surface area contributed by atoms with Crippen LogP contribution in [0.25, 0.3) is 0 Å². The molecule has 10 heteroatoms. The Morgan fingerprint density at radius 2 is 2.08 bits per heavy atom. The van der Waals surface area contributed by atoms with Gasteiger partial charge in [-0.3, -0.25) is 14.5 Å². The minimum atomic E-state index is -1.15. The van der Waals surface area contributed by atoms with Gasteiger partial charge in [-0.25, -0.2) is 15.1 Å². The van der Waals surface area contributed by atoms with Crippen LogP contribution in [0.5, 0.6) is 0 Å². The Kier molecular flexibility index (Phi) is 6.28. The van der Waals surface area contributed by atoms with Gasteiger partial charge >= 0.3 is 12.0 Å². The number of carbonyl (C=O) groups excluding carboxylic acids is 2. The van der Waals surface area contributed by atoms with Crippen molar-refractivity contribution in [3.63, 3.8) is 0 Å². The normalized spacial score (nSPS) is 28.8. The van der Waals surface area contributed by atoms with Gasteiger partial charge in [0, 0.05) is 12.6 Å². The molecule has 2 bridgehead atoms. The largest absolute Gasteiger partial charge is 0.479 e. The summed E-state index contributed by atoms with van der Waals surface area (Å²) in [6.45, 7) is 1.12. The Balaban J connectivity index is 1.46. The summed E-state index contributed by atoms with van der Waals surface area (Å²) in [5, 5.41) is 13.2. The van der Waals surface area contributed by atoms with Crippen LogP contribution >= 0.6 is 0 Å². The highest BCUT2D eigenvalue weighted by Gasteiger charge is 2.48. The van der Waals surface area contributed by atoms with Gasteiger partial charge < -0.3 is 15.3 Å². The number of hydroxylamine groups is 3. The molecule has 0 saturated carbocycles. The molecule has 3 amide bonds. The van der Waals surface area contributed by atoms with Crippen LogP contribution in [-0.4, -0.2) is 77.4 Å². The number of amides is 3. The van der Waals surface area contributed by atoms with Crippen LogP contribution in [0.4, 0.5) is 4.79 Å². The topological polar surface area (TPSA) is 120 Å². The molecule has 3 fully saturated rings. The second kappa shape index (κ2) is 8.65. The molecule has 3 N–H and O–H groups in total. The number of piperidine rings is 1. The first-order chi connectivity index (χ1) is 12.6. The molecule has 0 unspecified atom stereocenters. The van der Waals surface area contributed by atoms with Crippen LogP contribution in [0.1, 0.15) is 38.5 Å². The summed E-state index contributed by atoms with van der Waals surface area (Å²) in [6.07, 6.45) is 5.58. The lowest BCUT2D eigenvalue weighted by molar-refractivity contribution is -0.167. The second-order valence-electron chi connectivity index (χ2n) is 6.95. The molecule has 0 aromatic carbocycles. The van der Waals surface area contributed by atoms with Crippen LogP contribution in [0.3, 0.4) is 0 Å². The highest BCUT2D eigenvalue weighted by molar-refractivity contribution is 5.88. The van der Waals surface area contributed by atoms with E-state index in [2.05, 4.69) is 10.8 Å². The van der Waals surface area contributed by atoms with E-state index in [4.69, 9.17) is 14.8 Å². The maximum Gasteiger partial charge on any atom is 0.345 e. The summed E-state index contributed by atoms with van der Waals surface area (Å²) in [7, 11) is 0. The van der Waals surface area contributed by atoms with Gasteiger partial charge in [-0.1, -0.05) is 12.8 Å². The Morgan fingerprint density at radius 3 is 2.88 bits per heavy atom. The van der Waals surface area contributed by atoms with Crippen LogP contribution < -0.4 is 10.8 Å². The fourth-order valence-corrected chi connectivity index (χ4v) is 3.72. The molecule has 3 saturated heterocycles. The number of aliphatic carboxylic acids is 1. The van der Waals surface area contributed by atoms with Crippen molar-refractivity contribution in [1.82, 2.24) is 20.8 Å². The predicted molar refractivity (Wildman–Crippen MR) is 88.7 cm³/mol. The standard InChI is InChI=1S/C16H26N4O6/c21-14(22)10-26-20-12-5-6-13(19(8-12)16(20)24)15(23)18-25-9-11-4-2-1-3-7-17-11/h11-13,17H,1-10H2,(H,18,23)(H,21,22)/t11-,12+,13-/m0/s1. The summed E-state index contributed by atoms with van der Waals surface area (Å²) in [5.41, 5.74) is 2.46. The fourth-order valence-electron chi connectivity index (χ4n) is 3.72. The molecule has 0 radical (unpaired) electrons. The number of nitrogens with zero attached hydrogens (tertiary/aromatic N) is 2.